The third-order valence-electron chi connectivity index (χ3n) is 2.76. The number of hydrogen-bond donors (Lipinski definition) is 1. The van der Waals surface area contributed by atoms with Crippen LogP contribution in [0.3, 0.4) is 0 Å². The van der Waals surface area contributed by atoms with Gasteiger partial charge in [-0.2, -0.15) is 11.8 Å². The highest BCUT2D eigenvalue weighted by molar-refractivity contribution is 7.98. The lowest BCUT2D eigenvalue weighted by molar-refractivity contribution is -0.130. The molecule has 1 heterocycles. The second-order valence-electron chi connectivity index (χ2n) is 4.33. The van der Waals surface area contributed by atoms with E-state index in [0.717, 1.165) is 12.2 Å². The standard InChI is InChI=1S/C13H19NO4S/c1-9-11(13(16)17)7-10(18-9)8-14(2)12(15)5-4-6-19-3/h7H,4-6,8H2,1-3H3,(H,16,17). The number of aromatic carboxylic acids is 1. The van der Waals surface area contributed by atoms with Crippen molar-refractivity contribution < 1.29 is 19.1 Å². The van der Waals surface area contributed by atoms with Gasteiger partial charge in [-0.3, -0.25) is 4.79 Å². The first kappa shape index (κ1) is 15.6. The number of carbonyl (C=O) groups is 2. The molecule has 106 valence electrons. The fourth-order valence-corrected chi connectivity index (χ4v) is 2.15. The first-order chi connectivity index (χ1) is 8.95. The molecule has 1 aromatic rings. The Bertz CT molecular complexity index is 455. The van der Waals surface area contributed by atoms with E-state index in [2.05, 4.69) is 0 Å². The van der Waals surface area contributed by atoms with Crippen LogP contribution in [0.25, 0.3) is 0 Å². The largest absolute Gasteiger partial charge is 0.478 e. The van der Waals surface area contributed by atoms with E-state index in [4.69, 9.17) is 9.52 Å². The molecule has 0 bridgehead atoms. The predicted octanol–water partition coefficient (Wildman–Crippen LogP) is 2.39. The SMILES string of the molecule is CSCCCC(=O)N(C)Cc1cc(C(=O)O)c(C)o1. The van der Waals surface area contributed by atoms with Crippen molar-refractivity contribution in [1.82, 2.24) is 4.90 Å². The van der Waals surface area contributed by atoms with Crippen LogP contribution in [0.5, 0.6) is 0 Å². The average Bonchev–Trinajstić information content (AvgIpc) is 2.70. The van der Waals surface area contributed by atoms with E-state index in [1.54, 1.807) is 30.6 Å². The van der Waals surface area contributed by atoms with Gasteiger partial charge in [-0.1, -0.05) is 0 Å². The zero-order chi connectivity index (χ0) is 14.4. The zero-order valence-electron chi connectivity index (χ0n) is 11.4. The third kappa shape index (κ3) is 4.63. The Labute approximate surface area is 117 Å². The van der Waals surface area contributed by atoms with Gasteiger partial charge in [0.25, 0.3) is 0 Å². The van der Waals surface area contributed by atoms with Gasteiger partial charge in [0.1, 0.15) is 17.1 Å². The van der Waals surface area contributed by atoms with Gasteiger partial charge in [0.15, 0.2) is 0 Å². The lowest BCUT2D eigenvalue weighted by Crippen LogP contribution is -2.25. The fourth-order valence-electron chi connectivity index (χ4n) is 1.71. The van der Waals surface area contributed by atoms with E-state index in [0.29, 0.717) is 24.5 Å². The van der Waals surface area contributed by atoms with Crippen molar-refractivity contribution in [2.45, 2.75) is 26.3 Å². The van der Waals surface area contributed by atoms with Crippen molar-refractivity contribution in [2.24, 2.45) is 0 Å². The highest BCUT2D eigenvalue weighted by Crippen LogP contribution is 2.16. The van der Waals surface area contributed by atoms with Gasteiger partial charge < -0.3 is 14.4 Å². The van der Waals surface area contributed by atoms with E-state index in [1.807, 2.05) is 6.26 Å². The summed E-state index contributed by atoms with van der Waals surface area (Å²) in [6, 6.07) is 1.48. The molecule has 6 heteroatoms. The molecule has 0 unspecified atom stereocenters. The average molecular weight is 285 g/mol. The summed E-state index contributed by atoms with van der Waals surface area (Å²) in [5.41, 5.74) is 0.151. The lowest BCUT2D eigenvalue weighted by Gasteiger charge is -2.15. The normalized spacial score (nSPS) is 10.5. The molecule has 0 atom stereocenters. The summed E-state index contributed by atoms with van der Waals surface area (Å²) in [5, 5.41) is 8.92. The minimum absolute atomic E-state index is 0.0416. The highest BCUT2D eigenvalue weighted by Gasteiger charge is 2.16. The summed E-state index contributed by atoms with van der Waals surface area (Å²) >= 11 is 1.71. The maximum Gasteiger partial charge on any atom is 0.339 e. The topological polar surface area (TPSA) is 70.8 Å². The highest BCUT2D eigenvalue weighted by atomic mass is 32.2. The Kier molecular flexibility index (Phi) is 5.95. The Morgan fingerprint density at radius 3 is 2.68 bits per heavy atom. The maximum absolute atomic E-state index is 11.8. The molecule has 0 aliphatic rings. The van der Waals surface area contributed by atoms with Crippen molar-refractivity contribution in [3.8, 4) is 0 Å². The maximum atomic E-state index is 11.8. The third-order valence-corrected chi connectivity index (χ3v) is 3.45. The summed E-state index contributed by atoms with van der Waals surface area (Å²) in [7, 11) is 1.69. The molecule has 0 spiro atoms. The van der Waals surface area contributed by atoms with Crippen molar-refractivity contribution >= 4 is 23.6 Å². The molecule has 0 aromatic carbocycles. The van der Waals surface area contributed by atoms with Crippen LogP contribution >= 0.6 is 11.8 Å². The molecule has 1 rings (SSSR count). The number of thioether (sulfide) groups is 1. The smallest absolute Gasteiger partial charge is 0.339 e. The Morgan fingerprint density at radius 1 is 1.47 bits per heavy atom. The van der Waals surface area contributed by atoms with E-state index in [1.165, 1.54) is 6.07 Å². The number of rotatable bonds is 7. The summed E-state index contributed by atoms with van der Waals surface area (Å²) in [6.07, 6.45) is 3.36. The predicted molar refractivity (Wildman–Crippen MR) is 74.5 cm³/mol. The molecule has 1 aromatic heterocycles. The molecule has 19 heavy (non-hydrogen) atoms. The van der Waals surface area contributed by atoms with Crippen LogP contribution in [0.1, 0.15) is 34.7 Å². The molecule has 0 aliphatic heterocycles. The van der Waals surface area contributed by atoms with Gasteiger partial charge in [-0.05, 0) is 31.4 Å². The van der Waals surface area contributed by atoms with Crippen molar-refractivity contribution in [1.29, 1.82) is 0 Å². The monoisotopic (exact) mass is 285 g/mol. The van der Waals surface area contributed by atoms with Gasteiger partial charge in [0, 0.05) is 13.5 Å². The summed E-state index contributed by atoms with van der Waals surface area (Å²) in [4.78, 5) is 24.3. The molecular weight excluding hydrogens is 266 g/mol. The minimum atomic E-state index is -1.01. The Balaban J connectivity index is 2.56. The molecule has 0 saturated heterocycles. The van der Waals surface area contributed by atoms with E-state index >= 15 is 0 Å². The van der Waals surface area contributed by atoms with E-state index < -0.39 is 5.97 Å². The number of nitrogens with zero attached hydrogens (tertiary/aromatic N) is 1. The molecule has 0 aliphatic carbocycles. The van der Waals surface area contributed by atoms with Crippen LogP contribution in [0, 0.1) is 6.92 Å². The molecule has 1 N–H and O–H groups in total. The van der Waals surface area contributed by atoms with E-state index in [-0.39, 0.29) is 11.5 Å². The molecular formula is C13H19NO4S. The Morgan fingerprint density at radius 2 is 2.16 bits per heavy atom. The molecule has 5 nitrogen and oxygen atoms in total. The van der Waals surface area contributed by atoms with Crippen molar-refractivity contribution in [3.63, 3.8) is 0 Å². The number of carboxylic acids is 1. The van der Waals surface area contributed by atoms with Gasteiger partial charge in [-0.15, -0.1) is 0 Å². The molecule has 1 amide bonds. The quantitative estimate of drug-likeness (QED) is 0.779. The van der Waals surface area contributed by atoms with E-state index in [9.17, 15) is 9.59 Å². The van der Waals surface area contributed by atoms with Crippen LogP contribution in [0.15, 0.2) is 10.5 Å². The number of furan rings is 1. The van der Waals surface area contributed by atoms with Crippen LogP contribution < -0.4 is 0 Å². The first-order valence-electron chi connectivity index (χ1n) is 6.01. The number of hydrogen-bond acceptors (Lipinski definition) is 4. The summed E-state index contributed by atoms with van der Waals surface area (Å²) in [6.45, 7) is 1.90. The van der Waals surface area contributed by atoms with Gasteiger partial charge in [0.2, 0.25) is 5.91 Å². The molecule has 0 saturated carbocycles. The minimum Gasteiger partial charge on any atom is -0.478 e. The lowest BCUT2D eigenvalue weighted by atomic mass is 10.2. The second kappa shape index (κ2) is 7.23. The molecule has 0 fully saturated rings. The summed E-state index contributed by atoms with van der Waals surface area (Å²) in [5.74, 6) is 0.852. The van der Waals surface area contributed by atoms with Gasteiger partial charge in [-0.25, -0.2) is 4.79 Å². The van der Waals surface area contributed by atoms with Crippen LogP contribution in [0.2, 0.25) is 0 Å². The fraction of sp³-hybridized carbons (Fsp3) is 0.538. The number of aryl methyl sites for hydroxylation is 1. The summed E-state index contributed by atoms with van der Waals surface area (Å²) < 4.78 is 5.34. The second-order valence-corrected chi connectivity index (χ2v) is 5.32. The Hall–Kier alpha value is -1.43. The van der Waals surface area contributed by atoms with Crippen LogP contribution in [0.4, 0.5) is 0 Å². The van der Waals surface area contributed by atoms with Gasteiger partial charge in [0.05, 0.1) is 6.54 Å². The number of carbonyl (C=O) groups excluding carboxylic acids is 1. The van der Waals surface area contributed by atoms with Crippen LogP contribution in [-0.2, 0) is 11.3 Å². The zero-order valence-corrected chi connectivity index (χ0v) is 12.2. The number of amides is 1. The molecule has 0 radical (unpaired) electrons. The van der Waals surface area contributed by atoms with Gasteiger partial charge >= 0.3 is 5.97 Å². The van der Waals surface area contributed by atoms with Crippen molar-refractivity contribution in [3.05, 3.63) is 23.2 Å². The first-order valence-corrected chi connectivity index (χ1v) is 7.40. The number of carboxylic acid groups (broad SMARTS) is 1. The van der Waals surface area contributed by atoms with Crippen molar-refractivity contribution in [2.75, 3.05) is 19.1 Å². The van der Waals surface area contributed by atoms with Crippen LogP contribution in [-0.4, -0.2) is 40.9 Å².